The maximum atomic E-state index is 13.0. The van der Waals surface area contributed by atoms with Crippen molar-refractivity contribution < 1.29 is 19.1 Å². The highest BCUT2D eigenvalue weighted by molar-refractivity contribution is 6.32. The van der Waals surface area contributed by atoms with Gasteiger partial charge in [0.05, 0.1) is 11.1 Å². The molecule has 1 aliphatic carbocycles. The summed E-state index contributed by atoms with van der Waals surface area (Å²) in [5.74, 6) is 0.387. The number of esters is 1. The summed E-state index contributed by atoms with van der Waals surface area (Å²) < 4.78 is 11.9. The predicted molar refractivity (Wildman–Crippen MR) is 119 cm³/mol. The van der Waals surface area contributed by atoms with Gasteiger partial charge < -0.3 is 9.47 Å². The van der Waals surface area contributed by atoms with Crippen LogP contribution in [0, 0.1) is 17.8 Å². The molecule has 2 atom stereocenters. The summed E-state index contributed by atoms with van der Waals surface area (Å²) in [5.41, 5.74) is 0.402. The van der Waals surface area contributed by atoms with E-state index >= 15 is 0 Å². The van der Waals surface area contributed by atoms with Crippen molar-refractivity contribution in [1.29, 1.82) is 0 Å². The summed E-state index contributed by atoms with van der Waals surface area (Å²) in [5, 5.41) is 0.588. The minimum absolute atomic E-state index is 0.0606. The Bertz CT molecular complexity index is 746. The third-order valence-corrected chi connectivity index (χ3v) is 6.75. The monoisotopic (exact) mass is 434 g/mol. The molecule has 166 valence electrons. The fourth-order valence-corrected chi connectivity index (χ4v) is 5.23. The van der Waals surface area contributed by atoms with E-state index in [0.717, 1.165) is 31.2 Å². The second kappa shape index (κ2) is 9.72. The number of ether oxygens (including phenoxy) is 2. The van der Waals surface area contributed by atoms with Crippen LogP contribution in [0.1, 0.15) is 78.2 Å². The molecule has 1 saturated heterocycles. The first-order chi connectivity index (χ1) is 14.2. The lowest BCUT2D eigenvalue weighted by atomic mass is 9.73. The van der Waals surface area contributed by atoms with Crippen molar-refractivity contribution in [3.8, 4) is 5.75 Å². The van der Waals surface area contributed by atoms with Gasteiger partial charge in [0.2, 0.25) is 0 Å². The quantitative estimate of drug-likeness (QED) is 0.362. The van der Waals surface area contributed by atoms with Gasteiger partial charge in [-0.1, -0.05) is 44.4 Å². The highest BCUT2D eigenvalue weighted by Crippen LogP contribution is 2.45. The van der Waals surface area contributed by atoms with Crippen molar-refractivity contribution in [3.05, 3.63) is 28.8 Å². The molecule has 0 radical (unpaired) electrons. The van der Waals surface area contributed by atoms with E-state index in [0.29, 0.717) is 42.4 Å². The van der Waals surface area contributed by atoms with Crippen LogP contribution >= 0.6 is 11.6 Å². The molecule has 0 spiro atoms. The number of carbonyl (C=O) groups is 2. The van der Waals surface area contributed by atoms with E-state index in [9.17, 15) is 9.59 Å². The summed E-state index contributed by atoms with van der Waals surface area (Å²) >= 11 is 6.41. The van der Waals surface area contributed by atoms with Crippen molar-refractivity contribution in [2.24, 2.45) is 17.8 Å². The smallest absolute Gasteiger partial charge is 0.317 e. The van der Waals surface area contributed by atoms with Crippen molar-refractivity contribution in [2.75, 3.05) is 0 Å². The molecule has 30 heavy (non-hydrogen) atoms. The van der Waals surface area contributed by atoms with Gasteiger partial charge in [-0.15, -0.1) is 0 Å². The van der Waals surface area contributed by atoms with Gasteiger partial charge in [-0.2, -0.15) is 0 Å². The molecule has 0 N–H and O–H groups in total. The molecule has 1 saturated carbocycles. The number of hydrogen-bond donors (Lipinski definition) is 0. The zero-order chi connectivity index (χ0) is 21.9. The Morgan fingerprint density at radius 3 is 2.43 bits per heavy atom. The fraction of sp³-hybridized carbons (Fsp3) is 0.680. The van der Waals surface area contributed by atoms with Crippen LogP contribution in [-0.2, 0) is 20.7 Å². The van der Waals surface area contributed by atoms with Gasteiger partial charge in [-0.3, -0.25) is 9.59 Å². The molecule has 1 aliphatic heterocycles. The minimum Gasteiger partial charge on any atom is -0.489 e. The molecule has 0 amide bonds. The third-order valence-electron chi connectivity index (χ3n) is 6.45. The van der Waals surface area contributed by atoms with E-state index < -0.39 is 11.5 Å². The molecular weight excluding hydrogens is 400 g/mol. The molecule has 0 bridgehead atoms. The molecule has 2 aliphatic rings. The molecule has 1 heterocycles. The van der Waals surface area contributed by atoms with Gasteiger partial charge >= 0.3 is 5.97 Å². The van der Waals surface area contributed by atoms with E-state index in [2.05, 4.69) is 0 Å². The lowest BCUT2D eigenvalue weighted by Gasteiger charge is -2.43. The first-order valence-corrected chi connectivity index (χ1v) is 11.8. The number of halogens is 1. The minimum atomic E-state index is -0.669. The predicted octanol–water partition coefficient (Wildman–Crippen LogP) is 6.17. The number of ketones is 1. The molecule has 1 aromatic carbocycles. The summed E-state index contributed by atoms with van der Waals surface area (Å²) in [6.45, 7) is 8.01. The highest BCUT2D eigenvalue weighted by Gasteiger charge is 2.51. The number of benzene rings is 1. The van der Waals surface area contributed by atoms with E-state index in [1.807, 2.05) is 45.9 Å². The highest BCUT2D eigenvalue weighted by atomic mass is 35.5. The standard InChI is InChI=1S/C25H35ClO4/c1-16(2)13-20-22(27)15-25(30-24(20)28,19-7-5-6-8-19)12-11-18-9-10-23(21(26)14-18)29-17(3)4/h9-10,14,16-17,19-20H,5-8,11-13,15H2,1-4H3. The van der Waals surface area contributed by atoms with Crippen LogP contribution in [-0.4, -0.2) is 23.5 Å². The second-order valence-corrected chi connectivity index (χ2v) is 10.1. The first-order valence-electron chi connectivity index (χ1n) is 11.4. The van der Waals surface area contributed by atoms with Gasteiger partial charge in [-0.05, 0) is 75.5 Å². The lowest BCUT2D eigenvalue weighted by Crippen LogP contribution is -2.52. The third kappa shape index (κ3) is 5.38. The molecule has 2 unspecified atom stereocenters. The Morgan fingerprint density at radius 1 is 1.17 bits per heavy atom. The molecule has 3 rings (SSSR count). The van der Waals surface area contributed by atoms with Crippen molar-refractivity contribution in [3.63, 3.8) is 0 Å². The average Bonchev–Trinajstić information content (AvgIpc) is 3.20. The Labute approximate surface area is 185 Å². The van der Waals surface area contributed by atoms with Gasteiger partial charge in [0.15, 0.2) is 5.78 Å². The number of carbonyl (C=O) groups excluding carboxylic acids is 2. The maximum Gasteiger partial charge on any atom is 0.317 e. The van der Waals surface area contributed by atoms with E-state index in [-0.39, 0.29) is 23.8 Å². The molecule has 1 aromatic rings. The second-order valence-electron chi connectivity index (χ2n) is 9.72. The van der Waals surface area contributed by atoms with Gasteiger partial charge in [0.25, 0.3) is 0 Å². The van der Waals surface area contributed by atoms with Gasteiger partial charge in [-0.25, -0.2) is 0 Å². The zero-order valence-electron chi connectivity index (χ0n) is 18.7. The van der Waals surface area contributed by atoms with E-state index in [1.54, 1.807) is 0 Å². The maximum absolute atomic E-state index is 13.0. The van der Waals surface area contributed by atoms with Crippen LogP contribution in [0.15, 0.2) is 18.2 Å². The Kier molecular flexibility index (Phi) is 7.49. The van der Waals surface area contributed by atoms with E-state index in [1.165, 1.54) is 0 Å². The summed E-state index contributed by atoms with van der Waals surface area (Å²) in [6.07, 6.45) is 6.69. The Balaban J connectivity index is 1.76. The van der Waals surface area contributed by atoms with E-state index in [4.69, 9.17) is 21.1 Å². The SMILES string of the molecule is CC(C)CC1C(=O)CC(CCc2ccc(OC(C)C)c(Cl)c2)(C2CCCC2)OC1=O. The fourth-order valence-electron chi connectivity index (χ4n) is 4.98. The summed E-state index contributed by atoms with van der Waals surface area (Å²) in [4.78, 5) is 25.8. The molecule has 0 aromatic heterocycles. The first kappa shape index (κ1) is 23.1. The van der Waals surface area contributed by atoms with Crippen LogP contribution in [0.4, 0.5) is 0 Å². The molecule has 2 fully saturated rings. The van der Waals surface area contributed by atoms with Gasteiger partial charge in [0, 0.05) is 6.42 Å². The average molecular weight is 435 g/mol. The van der Waals surface area contributed by atoms with Crippen LogP contribution in [0.25, 0.3) is 0 Å². The largest absolute Gasteiger partial charge is 0.489 e. The lowest BCUT2D eigenvalue weighted by molar-refractivity contribution is -0.186. The normalized spacial score (nSPS) is 25.2. The topological polar surface area (TPSA) is 52.6 Å². The molecule has 5 heteroatoms. The van der Waals surface area contributed by atoms with Crippen molar-refractivity contribution in [1.82, 2.24) is 0 Å². The molecular formula is C25H35ClO4. The van der Waals surface area contributed by atoms with Crippen LogP contribution in [0.3, 0.4) is 0 Å². The van der Waals surface area contributed by atoms with Crippen molar-refractivity contribution >= 4 is 23.4 Å². The van der Waals surface area contributed by atoms with Crippen molar-refractivity contribution in [2.45, 2.75) is 90.8 Å². The van der Waals surface area contributed by atoms with Crippen LogP contribution in [0.5, 0.6) is 5.75 Å². The number of hydrogen-bond acceptors (Lipinski definition) is 4. The number of cyclic esters (lactones) is 1. The van der Waals surface area contributed by atoms with Crippen LogP contribution < -0.4 is 4.74 Å². The Morgan fingerprint density at radius 2 is 1.87 bits per heavy atom. The Hall–Kier alpha value is -1.55. The number of Topliss-reactive ketones (excluding diaryl/α,β-unsaturated/α-hetero) is 1. The number of rotatable bonds is 8. The number of aryl methyl sites for hydroxylation is 1. The van der Waals surface area contributed by atoms with Crippen LogP contribution in [0.2, 0.25) is 5.02 Å². The molecule has 4 nitrogen and oxygen atoms in total. The summed E-state index contributed by atoms with van der Waals surface area (Å²) in [7, 11) is 0. The summed E-state index contributed by atoms with van der Waals surface area (Å²) in [6, 6.07) is 5.84. The van der Waals surface area contributed by atoms with Gasteiger partial charge in [0.1, 0.15) is 17.3 Å². The zero-order valence-corrected chi connectivity index (χ0v) is 19.5.